The molecule has 0 radical (unpaired) electrons. The molecule has 1 saturated carbocycles. The zero-order chi connectivity index (χ0) is 25.9. The van der Waals surface area contributed by atoms with Gasteiger partial charge in [0.1, 0.15) is 23.0 Å². The van der Waals surface area contributed by atoms with Gasteiger partial charge in [0, 0.05) is 44.7 Å². The second kappa shape index (κ2) is 9.06. The number of piperidine rings is 1. The second-order valence-electron chi connectivity index (χ2n) is 10.7. The van der Waals surface area contributed by atoms with Crippen LogP contribution in [0.4, 0.5) is 10.2 Å². The van der Waals surface area contributed by atoms with Crippen LogP contribution in [0.1, 0.15) is 54.4 Å². The van der Waals surface area contributed by atoms with E-state index in [4.69, 9.17) is 16.7 Å². The average molecular weight is 524 g/mol. The number of hydrogen-bond acceptors (Lipinski definition) is 6. The van der Waals surface area contributed by atoms with E-state index in [1.54, 1.807) is 11.8 Å². The Kier molecular flexibility index (Phi) is 5.95. The molecule has 3 aromatic rings. The topological polar surface area (TPSA) is 70.4 Å². The van der Waals surface area contributed by atoms with Crippen LogP contribution >= 0.6 is 11.6 Å². The minimum Gasteiger partial charge on any atom is -0.357 e. The highest BCUT2D eigenvalue weighted by Gasteiger charge is 2.56. The molecule has 1 saturated heterocycles. The number of anilines is 1. The van der Waals surface area contributed by atoms with E-state index in [-0.39, 0.29) is 17.6 Å². The summed E-state index contributed by atoms with van der Waals surface area (Å²) in [5.41, 5.74) is 2.23. The first-order valence-corrected chi connectivity index (χ1v) is 13.2. The molecule has 6 rings (SSSR count). The first-order chi connectivity index (χ1) is 17.8. The third-order valence-corrected chi connectivity index (χ3v) is 8.32. The van der Waals surface area contributed by atoms with Crippen LogP contribution in [-0.4, -0.2) is 68.2 Å². The van der Waals surface area contributed by atoms with Crippen molar-refractivity contribution in [2.75, 3.05) is 32.1 Å². The Morgan fingerprint density at radius 2 is 1.89 bits per heavy atom. The molecule has 1 aromatic carbocycles. The highest BCUT2D eigenvalue weighted by atomic mass is 35.5. The average Bonchev–Trinajstić information content (AvgIpc) is 3.62. The van der Waals surface area contributed by atoms with Crippen LogP contribution in [0, 0.1) is 12.7 Å². The highest BCUT2D eigenvalue weighted by Crippen LogP contribution is 2.46. The van der Waals surface area contributed by atoms with Crippen molar-refractivity contribution in [2.24, 2.45) is 0 Å². The van der Waals surface area contributed by atoms with E-state index in [9.17, 15) is 9.18 Å². The molecule has 0 atom stereocenters. The van der Waals surface area contributed by atoms with Crippen molar-refractivity contribution in [2.45, 2.75) is 57.2 Å². The van der Waals surface area contributed by atoms with Gasteiger partial charge in [0.05, 0.1) is 18.4 Å². The van der Waals surface area contributed by atoms with Gasteiger partial charge in [-0.25, -0.2) is 9.37 Å². The standard InChI is InChI=1S/C27H31ClFN7O/c1-17-12-23(30-14-21(17)29)34-10-6-18(7-11-34)25-32-31-24-16-35(27(8-9-27)26(37)33(2)3)15-19-13-20(28)4-5-22(19)36(24)25/h4-5,12-14,18H,6-11,15-16H2,1-3H3. The molecule has 2 aromatic heterocycles. The fourth-order valence-corrected chi connectivity index (χ4v) is 6.05. The molecule has 1 amide bonds. The largest absolute Gasteiger partial charge is 0.357 e. The number of carbonyl (C=O) groups excluding carboxylic acids is 1. The summed E-state index contributed by atoms with van der Waals surface area (Å²) >= 11 is 6.44. The van der Waals surface area contributed by atoms with Crippen molar-refractivity contribution < 1.29 is 9.18 Å². The lowest BCUT2D eigenvalue weighted by molar-refractivity contribution is -0.136. The number of nitrogens with zero attached hydrogens (tertiary/aromatic N) is 7. The molecule has 10 heteroatoms. The van der Waals surface area contributed by atoms with Crippen LogP contribution in [0.2, 0.25) is 5.02 Å². The number of hydrogen-bond donors (Lipinski definition) is 0. The second-order valence-corrected chi connectivity index (χ2v) is 11.2. The molecule has 1 aliphatic carbocycles. The van der Waals surface area contributed by atoms with Crippen molar-refractivity contribution in [1.29, 1.82) is 0 Å². The van der Waals surface area contributed by atoms with Crippen molar-refractivity contribution in [1.82, 2.24) is 29.5 Å². The van der Waals surface area contributed by atoms with E-state index >= 15 is 0 Å². The van der Waals surface area contributed by atoms with Gasteiger partial charge in [-0.2, -0.15) is 0 Å². The molecule has 3 aliphatic rings. The fraction of sp³-hybridized carbons (Fsp3) is 0.481. The molecule has 2 fully saturated rings. The summed E-state index contributed by atoms with van der Waals surface area (Å²) in [5, 5.41) is 10.0. The van der Waals surface area contributed by atoms with Crippen LogP contribution in [-0.2, 0) is 17.9 Å². The number of benzene rings is 1. The van der Waals surface area contributed by atoms with Crippen molar-refractivity contribution in [3.05, 3.63) is 64.1 Å². The number of likely N-dealkylation sites (N-methyl/N-ethyl adjacent to an activating group) is 1. The Morgan fingerprint density at radius 1 is 1.14 bits per heavy atom. The summed E-state index contributed by atoms with van der Waals surface area (Å²) in [6.07, 6.45) is 4.78. The van der Waals surface area contributed by atoms with Crippen LogP contribution in [0.5, 0.6) is 0 Å². The Morgan fingerprint density at radius 3 is 2.57 bits per heavy atom. The Bertz CT molecular complexity index is 1360. The number of pyridine rings is 1. The smallest absolute Gasteiger partial charge is 0.242 e. The van der Waals surface area contributed by atoms with Gasteiger partial charge >= 0.3 is 0 Å². The summed E-state index contributed by atoms with van der Waals surface area (Å²) < 4.78 is 15.9. The number of carbonyl (C=O) groups is 1. The van der Waals surface area contributed by atoms with Gasteiger partial charge < -0.3 is 9.80 Å². The van der Waals surface area contributed by atoms with Crippen molar-refractivity contribution >= 4 is 23.3 Å². The van der Waals surface area contributed by atoms with E-state index in [1.807, 2.05) is 38.4 Å². The van der Waals surface area contributed by atoms with Gasteiger partial charge in [0.15, 0.2) is 5.82 Å². The molecule has 0 spiro atoms. The lowest BCUT2D eigenvalue weighted by Gasteiger charge is -2.32. The summed E-state index contributed by atoms with van der Waals surface area (Å²) in [5.74, 6) is 2.71. The highest BCUT2D eigenvalue weighted by molar-refractivity contribution is 6.30. The van der Waals surface area contributed by atoms with E-state index in [0.29, 0.717) is 23.7 Å². The first kappa shape index (κ1) is 24.3. The SMILES string of the molecule is Cc1cc(N2CCC(c3nnc4n3-c3ccc(Cl)cc3CN(C3(C(=O)N(C)C)CC3)C4)CC2)ncc1F. The molecular formula is C27H31ClFN7O. The maximum atomic E-state index is 13.7. The minimum absolute atomic E-state index is 0.140. The van der Waals surface area contributed by atoms with Gasteiger partial charge in [-0.1, -0.05) is 11.6 Å². The Labute approximate surface area is 221 Å². The van der Waals surface area contributed by atoms with Crippen molar-refractivity contribution in [3.63, 3.8) is 0 Å². The van der Waals surface area contributed by atoms with Crippen LogP contribution < -0.4 is 4.90 Å². The third-order valence-electron chi connectivity index (χ3n) is 8.08. The van der Waals surface area contributed by atoms with E-state index in [2.05, 4.69) is 24.4 Å². The summed E-state index contributed by atoms with van der Waals surface area (Å²) in [6, 6.07) is 7.78. The number of fused-ring (bicyclic) bond motifs is 3. The van der Waals surface area contributed by atoms with Crippen LogP contribution in [0.25, 0.3) is 5.69 Å². The molecule has 0 N–H and O–H groups in total. The molecule has 0 unspecified atom stereocenters. The van der Waals surface area contributed by atoms with Gasteiger partial charge in [-0.3, -0.25) is 14.3 Å². The van der Waals surface area contributed by atoms with Gasteiger partial charge in [-0.15, -0.1) is 10.2 Å². The molecule has 2 aliphatic heterocycles. The third kappa shape index (κ3) is 4.18. The lowest BCUT2D eigenvalue weighted by atomic mass is 9.95. The molecule has 0 bridgehead atoms. The predicted molar refractivity (Wildman–Crippen MR) is 139 cm³/mol. The zero-order valence-corrected chi connectivity index (χ0v) is 22.2. The maximum Gasteiger partial charge on any atom is 0.242 e. The van der Waals surface area contributed by atoms with Gasteiger partial charge in [0.25, 0.3) is 0 Å². The monoisotopic (exact) mass is 523 g/mol. The number of rotatable bonds is 4. The van der Waals surface area contributed by atoms with Crippen LogP contribution in [0.3, 0.4) is 0 Å². The van der Waals surface area contributed by atoms with Crippen LogP contribution in [0.15, 0.2) is 30.5 Å². The predicted octanol–water partition coefficient (Wildman–Crippen LogP) is 4.08. The molecule has 8 nitrogen and oxygen atoms in total. The number of aromatic nitrogens is 4. The quantitative estimate of drug-likeness (QED) is 0.513. The summed E-state index contributed by atoms with van der Waals surface area (Å²) in [7, 11) is 3.64. The Balaban J connectivity index is 1.31. The van der Waals surface area contributed by atoms with E-state index in [0.717, 1.165) is 67.5 Å². The number of halogens is 2. The summed E-state index contributed by atoms with van der Waals surface area (Å²) in [4.78, 5) is 23.6. The molecular weight excluding hydrogens is 493 g/mol. The Hall–Kier alpha value is -3.04. The van der Waals surface area contributed by atoms with E-state index < -0.39 is 5.54 Å². The maximum absolute atomic E-state index is 13.7. The molecule has 4 heterocycles. The van der Waals surface area contributed by atoms with E-state index in [1.165, 1.54) is 6.20 Å². The fourth-order valence-electron chi connectivity index (χ4n) is 5.86. The van der Waals surface area contributed by atoms with Gasteiger partial charge in [0.2, 0.25) is 5.91 Å². The molecule has 37 heavy (non-hydrogen) atoms. The lowest BCUT2D eigenvalue weighted by Crippen LogP contribution is -2.48. The molecule has 194 valence electrons. The zero-order valence-electron chi connectivity index (χ0n) is 21.4. The van der Waals surface area contributed by atoms with Crippen molar-refractivity contribution in [3.8, 4) is 5.69 Å². The first-order valence-electron chi connectivity index (χ1n) is 12.8. The number of amides is 1. The number of aryl methyl sites for hydroxylation is 1. The summed E-state index contributed by atoms with van der Waals surface area (Å²) in [6.45, 7) is 4.57. The minimum atomic E-state index is -0.490. The normalized spacial score (nSPS) is 19.2. The van der Waals surface area contributed by atoms with Gasteiger partial charge in [-0.05, 0) is 68.0 Å².